The van der Waals surface area contributed by atoms with Crippen molar-refractivity contribution in [2.75, 3.05) is 18.5 Å². The Balaban J connectivity index is 2.34. The summed E-state index contributed by atoms with van der Waals surface area (Å²) in [5.41, 5.74) is 1.66. The van der Waals surface area contributed by atoms with Crippen molar-refractivity contribution in [3.05, 3.63) is 23.8 Å². The fourth-order valence-electron chi connectivity index (χ4n) is 2.86. The van der Waals surface area contributed by atoms with Gasteiger partial charge in [0.25, 0.3) is 0 Å². The molecule has 0 saturated carbocycles. The minimum atomic E-state index is 0.627. The van der Waals surface area contributed by atoms with E-state index in [2.05, 4.69) is 26.1 Å². The summed E-state index contributed by atoms with van der Waals surface area (Å²) in [5.74, 6) is 1.59. The summed E-state index contributed by atoms with van der Waals surface area (Å²) in [6.07, 6.45) is 10.7. The van der Waals surface area contributed by atoms with Crippen LogP contribution in [0.1, 0.15) is 82.5 Å². The standard InChI is InChI=1S/C21H35NO2/c1-4-7-15-24-21-16-20(13-12-19(21)17-23)22-14-10-8-9-11-18(5-2)6-3/h12-13,16-18,22H,4-11,14-15H2,1-3H3. The van der Waals surface area contributed by atoms with E-state index < -0.39 is 0 Å². The highest BCUT2D eigenvalue weighted by Gasteiger charge is 2.05. The molecule has 3 nitrogen and oxygen atoms in total. The molecule has 0 atom stereocenters. The third-order valence-corrected chi connectivity index (χ3v) is 4.67. The van der Waals surface area contributed by atoms with Gasteiger partial charge in [-0.25, -0.2) is 0 Å². The van der Waals surface area contributed by atoms with Crippen LogP contribution in [-0.4, -0.2) is 19.4 Å². The van der Waals surface area contributed by atoms with E-state index >= 15 is 0 Å². The first-order valence-electron chi connectivity index (χ1n) is 9.70. The highest BCUT2D eigenvalue weighted by Crippen LogP contribution is 2.23. The van der Waals surface area contributed by atoms with Gasteiger partial charge >= 0.3 is 0 Å². The summed E-state index contributed by atoms with van der Waals surface area (Å²) in [6.45, 7) is 8.34. The molecule has 0 bridgehead atoms. The van der Waals surface area contributed by atoms with Crippen LogP contribution in [0, 0.1) is 5.92 Å². The maximum absolute atomic E-state index is 11.1. The molecule has 0 fully saturated rings. The normalized spacial score (nSPS) is 10.8. The van der Waals surface area contributed by atoms with Crippen LogP contribution in [-0.2, 0) is 0 Å². The van der Waals surface area contributed by atoms with E-state index in [9.17, 15) is 4.79 Å². The van der Waals surface area contributed by atoms with Crippen LogP contribution in [0.4, 0.5) is 5.69 Å². The van der Waals surface area contributed by atoms with Gasteiger partial charge in [-0.3, -0.25) is 4.79 Å². The molecule has 1 rings (SSSR count). The zero-order valence-electron chi connectivity index (χ0n) is 15.8. The summed E-state index contributed by atoms with van der Waals surface area (Å²) in [5, 5.41) is 3.45. The van der Waals surface area contributed by atoms with E-state index in [1.54, 1.807) is 0 Å². The Morgan fingerprint density at radius 2 is 1.88 bits per heavy atom. The average Bonchev–Trinajstić information content (AvgIpc) is 2.61. The molecule has 0 heterocycles. The highest BCUT2D eigenvalue weighted by molar-refractivity contribution is 5.80. The van der Waals surface area contributed by atoms with Crippen molar-refractivity contribution in [1.29, 1.82) is 0 Å². The molecule has 0 aromatic heterocycles. The molecule has 3 heteroatoms. The van der Waals surface area contributed by atoms with Crippen molar-refractivity contribution in [3.63, 3.8) is 0 Å². The van der Waals surface area contributed by atoms with Crippen molar-refractivity contribution < 1.29 is 9.53 Å². The van der Waals surface area contributed by atoms with Crippen LogP contribution in [0.2, 0.25) is 0 Å². The predicted molar refractivity (Wildman–Crippen MR) is 103 cm³/mol. The van der Waals surface area contributed by atoms with E-state index in [4.69, 9.17) is 4.74 Å². The first-order valence-corrected chi connectivity index (χ1v) is 9.70. The number of ether oxygens (including phenoxy) is 1. The summed E-state index contributed by atoms with van der Waals surface area (Å²) < 4.78 is 5.73. The van der Waals surface area contributed by atoms with Crippen molar-refractivity contribution in [1.82, 2.24) is 0 Å². The van der Waals surface area contributed by atoms with Crippen LogP contribution in [0.3, 0.4) is 0 Å². The van der Waals surface area contributed by atoms with Gasteiger partial charge in [0.1, 0.15) is 5.75 Å². The summed E-state index contributed by atoms with van der Waals surface area (Å²) in [6, 6.07) is 5.74. The Morgan fingerprint density at radius 1 is 1.08 bits per heavy atom. The molecule has 1 aromatic rings. The second kappa shape index (κ2) is 12.9. The third kappa shape index (κ3) is 7.85. The molecular formula is C21H35NO2. The molecule has 0 aliphatic heterocycles. The topological polar surface area (TPSA) is 38.3 Å². The lowest BCUT2D eigenvalue weighted by molar-refractivity contribution is 0.111. The minimum absolute atomic E-state index is 0.627. The van der Waals surface area contributed by atoms with Crippen LogP contribution in [0.5, 0.6) is 5.75 Å². The van der Waals surface area contributed by atoms with Crippen LogP contribution >= 0.6 is 0 Å². The number of carbonyl (C=O) groups is 1. The number of rotatable bonds is 14. The van der Waals surface area contributed by atoms with Crippen molar-refractivity contribution in [2.45, 2.75) is 72.1 Å². The molecule has 1 aromatic carbocycles. The number of hydrogen-bond donors (Lipinski definition) is 1. The van der Waals surface area contributed by atoms with Crippen molar-refractivity contribution in [3.8, 4) is 5.75 Å². The minimum Gasteiger partial charge on any atom is -0.493 e. The second-order valence-corrected chi connectivity index (χ2v) is 6.53. The average molecular weight is 334 g/mol. The largest absolute Gasteiger partial charge is 0.493 e. The first kappa shape index (κ1) is 20.5. The maximum atomic E-state index is 11.1. The zero-order valence-corrected chi connectivity index (χ0v) is 15.8. The van der Waals surface area contributed by atoms with Gasteiger partial charge in [-0.15, -0.1) is 0 Å². The SMILES string of the molecule is CCCCOc1cc(NCCCCCC(CC)CC)ccc1C=O. The van der Waals surface area contributed by atoms with E-state index in [1.165, 1.54) is 38.5 Å². The Hall–Kier alpha value is -1.51. The maximum Gasteiger partial charge on any atom is 0.153 e. The summed E-state index contributed by atoms with van der Waals surface area (Å²) in [7, 11) is 0. The summed E-state index contributed by atoms with van der Waals surface area (Å²) >= 11 is 0. The molecule has 0 unspecified atom stereocenters. The molecule has 0 aliphatic rings. The first-order chi connectivity index (χ1) is 11.7. The Labute approximate surface area is 148 Å². The van der Waals surface area contributed by atoms with E-state index in [0.717, 1.165) is 37.3 Å². The van der Waals surface area contributed by atoms with Gasteiger partial charge < -0.3 is 10.1 Å². The van der Waals surface area contributed by atoms with E-state index in [-0.39, 0.29) is 0 Å². The number of unbranched alkanes of at least 4 members (excludes halogenated alkanes) is 3. The number of nitrogens with one attached hydrogen (secondary N) is 1. The molecule has 0 spiro atoms. The molecular weight excluding hydrogens is 298 g/mol. The van der Waals surface area contributed by atoms with Gasteiger partial charge in [-0.1, -0.05) is 59.3 Å². The van der Waals surface area contributed by atoms with Crippen molar-refractivity contribution in [2.24, 2.45) is 5.92 Å². The van der Waals surface area contributed by atoms with Crippen molar-refractivity contribution >= 4 is 12.0 Å². The predicted octanol–water partition coefficient (Wildman–Crippen LogP) is 6.09. The molecule has 0 amide bonds. The van der Waals surface area contributed by atoms with Crippen LogP contribution in [0.15, 0.2) is 18.2 Å². The molecule has 0 aliphatic carbocycles. The molecule has 136 valence electrons. The lowest BCUT2D eigenvalue weighted by Gasteiger charge is -2.13. The highest BCUT2D eigenvalue weighted by atomic mass is 16.5. The van der Waals surface area contributed by atoms with E-state index in [1.807, 2.05) is 18.2 Å². The number of benzene rings is 1. The van der Waals surface area contributed by atoms with Gasteiger partial charge in [0.15, 0.2) is 6.29 Å². The quantitative estimate of drug-likeness (QED) is 0.331. The molecule has 1 N–H and O–H groups in total. The van der Waals surface area contributed by atoms with Crippen LogP contribution < -0.4 is 10.1 Å². The zero-order chi connectivity index (χ0) is 17.6. The van der Waals surface area contributed by atoms with Crippen LogP contribution in [0.25, 0.3) is 0 Å². The fraction of sp³-hybridized carbons (Fsp3) is 0.667. The monoisotopic (exact) mass is 333 g/mol. The molecule has 24 heavy (non-hydrogen) atoms. The number of carbonyl (C=O) groups excluding carboxylic acids is 1. The number of hydrogen-bond acceptors (Lipinski definition) is 3. The Bertz CT molecular complexity index is 455. The number of anilines is 1. The molecule has 0 radical (unpaired) electrons. The lowest BCUT2D eigenvalue weighted by atomic mass is 9.96. The Kier molecular flexibility index (Phi) is 11.0. The second-order valence-electron chi connectivity index (χ2n) is 6.53. The van der Waals surface area contributed by atoms with Gasteiger partial charge in [-0.2, -0.15) is 0 Å². The van der Waals surface area contributed by atoms with Gasteiger partial charge in [0.2, 0.25) is 0 Å². The third-order valence-electron chi connectivity index (χ3n) is 4.67. The van der Waals surface area contributed by atoms with Gasteiger partial charge in [0, 0.05) is 18.3 Å². The summed E-state index contributed by atoms with van der Waals surface area (Å²) in [4.78, 5) is 11.1. The molecule has 0 saturated heterocycles. The van der Waals surface area contributed by atoms with E-state index in [0.29, 0.717) is 17.9 Å². The van der Waals surface area contributed by atoms with Gasteiger partial charge in [0.05, 0.1) is 12.2 Å². The van der Waals surface area contributed by atoms with Gasteiger partial charge in [-0.05, 0) is 30.9 Å². The lowest BCUT2D eigenvalue weighted by Crippen LogP contribution is -2.04. The Morgan fingerprint density at radius 3 is 2.54 bits per heavy atom. The fourth-order valence-corrected chi connectivity index (χ4v) is 2.86. The number of aldehydes is 1. The smallest absolute Gasteiger partial charge is 0.153 e.